The molecule has 1 aliphatic heterocycles. The molecule has 0 aromatic carbocycles. The maximum absolute atomic E-state index is 12.8. The van der Waals surface area contributed by atoms with Crippen molar-refractivity contribution in [1.29, 1.82) is 0 Å². The lowest BCUT2D eigenvalue weighted by Crippen LogP contribution is -2.57. The van der Waals surface area contributed by atoms with Crippen molar-refractivity contribution >= 4 is 11.8 Å². The first kappa shape index (κ1) is 14.4. The molecule has 3 unspecified atom stereocenters. The molecule has 0 aromatic rings. The van der Waals surface area contributed by atoms with Gasteiger partial charge in [-0.2, -0.15) is 0 Å². The minimum absolute atomic E-state index is 0.00376. The van der Waals surface area contributed by atoms with Crippen LogP contribution >= 0.6 is 0 Å². The molecule has 0 aromatic heterocycles. The molecule has 0 bridgehead atoms. The molecule has 2 rings (SSSR count). The predicted molar refractivity (Wildman–Crippen MR) is 74.6 cm³/mol. The third kappa shape index (κ3) is 2.93. The van der Waals surface area contributed by atoms with Crippen LogP contribution in [0, 0.1) is 5.92 Å². The van der Waals surface area contributed by atoms with Gasteiger partial charge in [0.25, 0.3) is 0 Å². The van der Waals surface area contributed by atoms with Crippen LogP contribution in [0.4, 0.5) is 0 Å². The van der Waals surface area contributed by atoms with Gasteiger partial charge < -0.3 is 10.2 Å². The quantitative estimate of drug-likeness (QED) is 0.832. The van der Waals surface area contributed by atoms with E-state index in [-0.39, 0.29) is 11.8 Å². The maximum Gasteiger partial charge on any atom is 0.248 e. The van der Waals surface area contributed by atoms with Crippen LogP contribution in [0.3, 0.4) is 0 Å². The van der Waals surface area contributed by atoms with Crippen LogP contribution in [0.25, 0.3) is 0 Å². The highest BCUT2D eigenvalue weighted by Gasteiger charge is 2.41. The summed E-state index contributed by atoms with van der Waals surface area (Å²) in [6.07, 6.45) is 5.72. The highest BCUT2D eigenvalue weighted by atomic mass is 16.2. The molecule has 108 valence electrons. The molecular weight excluding hydrogens is 240 g/mol. The summed E-state index contributed by atoms with van der Waals surface area (Å²) >= 11 is 0. The zero-order valence-corrected chi connectivity index (χ0v) is 12.4. The van der Waals surface area contributed by atoms with Crippen molar-refractivity contribution in [2.24, 2.45) is 5.92 Å². The number of nitrogens with one attached hydrogen (secondary N) is 1. The van der Waals surface area contributed by atoms with E-state index >= 15 is 0 Å². The maximum atomic E-state index is 12.8. The van der Waals surface area contributed by atoms with Crippen molar-refractivity contribution in [3.8, 4) is 0 Å². The molecule has 4 nitrogen and oxygen atoms in total. The SMILES string of the molecule is CCC1(C)NC(=O)CCN(C2CCCC(C)C2)C1=O. The van der Waals surface area contributed by atoms with E-state index in [9.17, 15) is 9.59 Å². The van der Waals surface area contributed by atoms with Crippen molar-refractivity contribution in [2.45, 2.75) is 70.9 Å². The van der Waals surface area contributed by atoms with Crippen molar-refractivity contribution in [2.75, 3.05) is 6.54 Å². The molecular formula is C15H26N2O2. The van der Waals surface area contributed by atoms with E-state index in [4.69, 9.17) is 0 Å². The minimum Gasteiger partial charge on any atom is -0.342 e. The van der Waals surface area contributed by atoms with Crippen molar-refractivity contribution < 1.29 is 9.59 Å². The average Bonchev–Trinajstić information content (AvgIpc) is 2.48. The summed E-state index contributed by atoms with van der Waals surface area (Å²) in [6, 6.07) is 0.329. The summed E-state index contributed by atoms with van der Waals surface area (Å²) in [7, 11) is 0. The lowest BCUT2D eigenvalue weighted by Gasteiger charge is -2.39. The van der Waals surface area contributed by atoms with Crippen LogP contribution < -0.4 is 5.32 Å². The monoisotopic (exact) mass is 266 g/mol. The van der Waals surface area contributed by atoms with Gasteiger partial charge in [0.1, 0.15) is 5.54 Å². The second-order valence-electron chi connectivity index (χ2n) is 6.41. The van der Waals surface area contributed by atoms with E-state index in [2.05, 4.69) is 12.2 Å². The molecule has 2 fully saturated rings. The van der Waals surface area contributed by atoms with Crippen LogP contribution in [0.1, 0.15) is 59.3 Å². The third-order valence-electron chi connectivity index (χ3n) is 4.78. The number of hydrogen-bond acceptors (Lipinski definition) is 2. The van der Waals surface area contributed by atoms with Crippen molar-refractivity contribution in [1.82, 2.24) is 10.2 Å². The van der Waals surface area contributed by atoms with Gasteiger partial charge >= 0.3 is 0 Å². The average molecular weight is 266 g/mol. The van der Waals surface area contributed by atoms with E-state index < -0.39 is 5.54 Å². The zero-order valence-electron chi connectivity index (χ0n) is 12.4. The number of nitrogens with zero attached hydrogens (tertiary/aromatic N) is 1. The molecule has 2 amide bonds. The summed E-state index contributed by atoms with van der Waals surface area (Å²) in [5.74, 6) is 0.801. The van der Waals surface area contributed by atoms with E-state index in [0.717, 1.165) is 12.8 Å². The van der Waals surface area contributed by atoms with Crippen molar-refractivity contribution in [3.05, 3.63) is 0 Å². The molecule has 1 saturated carbocycles. The highest BCUT2D eigenvalue weighted by Crippen LogP contribution is 2.30. The molecule has 4 heteroatoms. The summed E-state index contributed by atoms with van der Waals surface area (Å²) in [5.41, 5.74) is -0.714. The van der Waals surface area contributed by atoms with E-state index in [1.165, 1.54) is 12.8 Å². The Bertz CT molecular complexity index is 369. The fourth-order valence-electron chi connectivity index (χ4n) is 3.34. The van der Waals surface area contributed by atoms with Crippen LogP contribution in [0.5, 0.6) is 0 Å². The lowest BCUT2D eigenvalue weighted by atomic mass is 9.85. The molecule has 0 spiro atoms. The van der Waals surface area contributed by atoms with E-state index in [1.807, 2.05) is 18.7 Å². The molecule has 0 radical (unpaired) electrons. The molecule has 19 heavy (non-hydrogen) atoms. The van der Waals surface area contributed by atoms with Crippen molar-refractivity contribution in [3.63, 3.8) is 0 Å². The summed E-state index contributed by atoms with van der Waals surface area (Å²) in [5, 5.41) is 2.90. The fraction of sp³-hybridized carbons (Fsp3) is 0.867. The second kappa shape index (κ2) is 5.51. The minimum atomic E-state index is -0.714. The van der Waals surface area contributed by atoms with E-state index in [0.29, 0.717) is 31.3 Å². The molecule has 1 heterocycles. The summed E-state index contributed by atoms with van der Waals surface area (Å²) < 4.78 is 0. The number of rotatable bonds is 2. The van der Waals surface area contributed by atoms with Gasteiger partial charge in [-0.15, -0.1) is 0 Å². The summed E-state index contributed by atoms with van der Waals surface area (Å²) in [6.45, 7) is 6.66. The van der Waals surface area contributed by atoms with Crippen LogP contribution in [0.2, 0.25) is 0 Å². The Balaban J connectivity index is 2.18. The van der Waals surface area contributed by atoms with Gasteiger partial charge in [-0.25, -0.2) is 0 Å². The van der Waals surface area contributed by atoms with E-state index in [1.54, 1.807) is 0 Å². The summed E-state index contributed by atoms with van der Waals surface area (Å²) in [4.78, 5) is 26.5. The van der Waals surface area contributed by atoms with Gasteiger partial charge in [-0.05, 0) is 32.1 Å². The Labute approximate surface area is 115 Å². The topological polar surface area (TPSA) is 49.4 Å². The largest absolute Gasteiger partial charge is 0.342 e. The first-order valence-electron chi connectivity index (χ1n) is 7.58. The Kier molecular flexibility index (Phi) is 4.16. The van der Waals surface area contributed by atoms with Gasteiger partial charge in [0.2, 0.25) is 11.8 Å². The number of carbonyl (C=O) groups is 2. The predicted octanol–water partition coefficient (Wildman–Crippen LogP) is 2.08. The number of carbonyl (C=O) groups excluding carboxylic acids is 2. The molecule has 2 aliphatic rings. The molecule has 3 atom stereocenters. The molecule has 1 aliphatic carbocycles. The molecule has 1 N–H and O–H groups in total. The Morgan fingerprint density at radius 1 is 1.37 bits per heavy atom. The standard InChI is InChI=1S/C15H26N2O2/c1-4-15(3)14(19)17(9-8-13(18)16-15)12-7-5-6-11(2)10-12/h11-12H,4-10H2,1-3H3,(H,16,18). The van der Waals surface area contributed by atoms with Crippen LogP contribution in [0.15, 0.2) is 0 Å². The van der Waals surface area contributed by atoms with Gasteiger partial charge in [0.15, 0.2) is 0 Å². The molecule has 1 saturated heterocycles. The second-order valence-corrected chi connectivity index (χ2v) is 6.41. The zero-order chi connectivity index (χ0) is 14.0. The Morgan fingerprint density at radius 2 is 2.11 bits per heavy atom. The van der Waals surface area contributed by atoms with Crippen LogP contribution in [-0.2, 0) is 9.59 Å². The third-order valence-corrected chi connectivity index (χ3v) is 4.78. The highest BCUT2D eigenvalue weighted by molar-refractivity contribution is 5.93. The number of amides is 2. The number of hydrogen-bond donors (Lipinski definition) is 1. The van der Waals surface area contributed by atoms with Gasteiger partial charge in [-0.1, -0.05) is 26.7 Å². The van der Waals surface area contributed by atoms with Crippen LogP contribution in [-0.4, -0.2) is 34.8 Å². The first-order chi connectivity index (χ1) is 8.96. The Hall–Kier alpha value is -1.06. The fourth-order valence-corrected chi connectivity index (χ4v) is 3.34. The normalized spacial score (nSPS) is 36.9. The lowest BCUT2D eigenvalue weighted by molar-refractivity contribution is -0.141. The first-order valence-corrected chi connectivity index (χ1v) is 7.58. The Morgan fingerprint density at radius 3 is 2.74 bits per heavy atom. The smallest absolute Gasteiger partial charge is 0.248 e. The van der Waals surface area contributed by atoms with Gasteiger partial charge in [0, 0.05) is 19.0 Å². The van der Waals surface area contributed by atoms with Gasteiger partial charge in [-0.3, -0.25) is 9.59 Å². The van der Waals surface area contributed by atoms with Gasteiger partial charge in [0.05, 0.1) is 0 Å².